The fourth-order valence-corrected chi connectivity index (χ4v) is 2.60. The van der Waals surface area contributed by atoms with E-state index in [1.807, 2.05) is 33.0 Å². The van der Waals surface area contributed by atoms with Crippen LogP contribution >= 0.6 is 24.0 Å². The van der Waals surface area contributed by atoms with Crippen molar-refractivity contribution in [3.63, 3.8) is 0 Å². The molecule has 2 rings (SSSR count). The minimum Gasteiger partial charge on any atom is -0.491 e. The first-order valence-corrected chi connectivity index (χ1v) is 7.90. The summed E-state index contributed by atoms with van der Waals surface area (Å²) in [6.07, 6.45) is 5.37. The van der Waals surface area contributed by atoms with Gasteiger partial charge in [-0.15, -0.1) is 24.0 Å². The van der Waals surface area contributed by atoms with E-state index in [4.69, 9.17) is 4.74 Å². The highest BCUT2D eigenvalue weighted by Gasteiger charge is 2.15. The molecule has 0 saturated heterocycles. The lowest BCUT2D eigenvalue weighted by atomic mass is 10.2. The van der Waals surface area contributed by atoms with Crippen molar-refractivity contribution in [2.75, 3.05) is 7.05 Å². The van der Waals surface area contributed by atoms with Gasteiger partial charge in [0.15, 0.2) is 5.96 Å². The summed E-state index contributed by atoms with van der Waals surface area (Å²) in [5.41, 5.74) is 1.22. The van der Waals surface area contributed by atoms with Crippen LogP contribution in [0.2, 0.25) is 0 Å². The third kappa shape index (κ3) is 6.42. The zero-order valence-electron chi connectivity index (χ0n) is 13.8. The molecule has 0 aromatic heterocycles. The number of nitrogens with zero attached hydrogens (tertiary/aromatic N) is 1. The van der Waals surface area contributed by atoms with E-state index in [1.54, 1.807) is 0 Å². The van der Waals surface area contributed by atoms with Crippen molar-refractivity contribution in [3.8, 4) is 5.75 Å². The Bertz CT molecular complexity index is 453. The lowest BCUT2D eigenvalue weighted by Gasteiger charge is -2.17. The van der Waals surface area contributed by atoms with Gasteiger partial charge in [0.05, 0.1) is 6.10 Å². The summed E-state index contributed by atoms with van der Waals surface area (Å²) >= 11 is 0. The van der Waals surface area contributed by atoms with Gasteiger partial charge >= 0.3 is 0 Å². The summed E-state index contributed by atoms with van der Waals surface area (Å²) in [6, 6.07) is 8.80. The minimum atomic E-state index is 0. The summed E-state index contributed by atoms with van der Waals surface area (Å²) in [6.45, 7) is 4.84. The molecule has 124 valence electrons. The van der Waals surface area contributed by atoms with Crippen LogP contribution in [-0.2, 0) is 6.54 Å². The number of ether oxygens (including phenoxy) is 1. The maximum atomic E-state index is 5.65. The van der Waals surface area contributed by atoms with Gasteiger partial charge in [-0.3, -0.25) is 4.99 Å². The Kier molecular flexibility index (Phi) is 8.60. The quantitative estimate of drug-likeness (QED) is 0.436. The van der Waals surface area contributed by atoms with Crippen LogP contribution in [0.3, 0.4) is 0 Å². The molecule has 0 bridgehead atoms. The molecule has 0 amide bonds. The standard InChI is InChI=1S/C17H27N3O.HI/c1-13(2)21-16-10-8-14(9-11-16)12-19-17(18-3)20-15-6-4-5-7-15;/h8-11,13,15H,4-7,12H2,1-3H3,(H2,18,19,20);1H. The van der Waals surface area contributed by atoms with Crippen molar-refractivity contribution in [3.05, 3.63) is 29.8 Å². The molecule has 2 N–H and O–H groups in total. The van der Waals surface area contributed by atoms with Gasteiger partial charge in [-0.05, 0) is 44.4 Å². The van der Waals surface area contributed by atoms with E-state index in [0.29, 0.717) is 6.04 Å². The first kappa shape index (κ1) is 19.1. The molecule has 0 radical (unpaired) electrons. The van der Waals surface area contributed by atoms with Gasteiger partial charge < -0.3 is 15.4 Å². The SMILES string of the molecule is CN=C(NCc1ccc(OC(C)C)cc1)NC1CCCC1.I. The van der Waals surface area contributed by atoms with Gasteiger partial charge in [0, 0.05) is 19.6 Å². The molecule has 5 heteroatoms. The predicted molar refractivity (Wildman–Crippen MR) is 103 cm³/mol. The molecular weight excluding hydrogens is 389 g/mol. The van der Waals surface area contributed by atoms with Crippen LogP contribution in [0.15, 0.2) is 29.3 Å². The molecule has 0 spiro atoms. The molecule has 1 aromatic carbocycles. The molecule has 1 saturated carbocycles. The minimum absolute atomic E-state index is 0. The topological polar surface area (TPSA) is 45.7 Å². The van der Waals surface area contributed by atoms with Crippen molar-refractivity contribution in [2.45, 2.75) is 58.2 Å². The average Bonchev–Trinajstić information content (AvgIpc) is 2.97. The van der Waals surface area contributed by atoms with Crippen molar-refractivity contribution in [1.29, 1.82) is 0 Å². The van der Waals surface area contributed by atoms with E-state index >= 15 is 0 Å². The van der Waals surface area contributed by atoms with Gasteiger partial charge in [-0.1, -0.05) is 25.0 Å². The maximum Gasteiger partial charge on any atom is 0.191 e. The molecule has 1 aliphatic rings. The average molecular weight is 417 g/mol. The van der Waals surface area contributed by atoms with Crippen molar-refractivity contribution >= 4 is 29.9 Å². The molecule has 0 atom stereocenters. The highest BCUT2D eigenvalue weighted by molar-refractivity contribution is 14.0. The highest BCUT2D eigenvalue weighted by atomic mass is 127. The van der Waals surface area contributed by atoms with Crippen LogP contribution in [0.25, 0.3) is 0 Å². The smallest absolute Gasteiger partial charge is 0.191 e. The largest absolute Gasteiger partial charge is 0.491 e. The molecule has 22 heavy (non-hydrogen) atoms. The number of halogens is 1. The van der Waals surface area contributed by atoms with Crippen LogP contribution < -0.4 is 15.4 Å². The van der Waals surface area contributed by atoms with Crippen molar-refractivity contribution in [2.24, 2.45) is 4.99 Å². The molecule has 1 aromatic rings. The molecular formula is C17H28IN3O. The first-order chi connectivity index (χ1) is 10.2. The van der Waals surface area contributed by atoms with E-state index in [-0.39, 0.29) is 30.1 Å². The number of benzene rings is 1. The number of hydrogen-bond donors (Lipinski definition) is 2. The first-order valence-electron chi connectivity index (χ1n) is 7.90. The van der Waals surface area contributed by atoms with E-state index in [0.717, 1.165) is 18.3 Å². The molecule has 4 nitrogen and oxygen atoms in total. The lowest BCUT2D eigenvalue weighted by Crippen LogP contribution is -2.41. The van der Waals surface area contributed by atoms with Crippen LogP contribution in [0.5, 0.6) is 5.75 Å². The number of guanidine groups is 1. The summed E-state index contributed by atoms with van der Waals surface area (Å²) in [5, 5.41) is 6.86. The molecule has 1 aliphatic carbocycles. The summed E-state index contributed by atoms with van der Waals surface area (Å²) < 4.78 is 5.65. The monoisotopic (exact) mass is 417 g/mol. The van der Waals surface area contributed by atoms with Gasteiger partial charge in [-0.2, -0.15) is 0 Å². The molecule has 0 heterocycles. The number of nitrogens with one attached hydrogen (secondary N) is 2. The number of hydrogen-bond acceptors (Lipinski definition) is 2. The summed E-state index contributed by atoms with van der Waals surface area (Å²) in [4.78, 5) is 4.29. The fourth-order valence-electron chi connectivity index (χ4n) is 2.60. The van der Waals surface area contributed by atoms with E-state index in [9.17, 15) is 0 Å². The Morgan fingerprint density at radius 1 is 1.23 bits per heavy atom. The predicted octanol–water partition coefficient (Wildman–Crippen LogP) is 3.70. The second kappa shape index (κ2) is 9.92. The normalized spacial score (nSPS) is 15.5. The Balaban J connectivity index is 0.00000242. The Labute approximate surface area is 151 Å². The summed E-state index contributed by atoms with van der Waals surface area (Å²) in [5.74, 6) is 1.81. The fraction of sp³-hybridized carbons (Fsp3) is 0.588. The third-order valence-electron chi connectivity index (χ3n) is 3.67. The van der Waals surface area contributed by atoms with Crippen LogP contribution in [-0.4, -0.2) is 25.2 Å². The van der Waals surface area contributed by atoms with Gasteiger partial charge in [0.2, 0.25) is 0 Å². The second-order valence-electron chi connectivity index (χ2n) is 5.86. The van der Waals surface area contributed by atoms with Crippen LogP contribution in [0.1, 0.15) is 45.1 Å². The summed E-state index contributed by atoms with van der Waals surface area (Å²) in [7, 11) is 1.82. The molecule has 1 fully saturated rings. The molecule has 0 aliphatic heterocycles. The Hall–Kier alpha value is -0.980. The maximum absolute atomic E-state index is 5.65. The van der Waals surface area contributed by atoms with Crippen molar-refractivity contribution < 1.29 is 4.74 Å². The highest BCUT2D eigenvalue weighted by Crippen LogP contribution is 2.17. The zero-order valence-corrected chi connectivity index (χ0v) is 16.1. The number of rotatable bonds is 5. The van der Waals surface area contributed by atoms with E-state index in [2.05, 4.69) is 27.8 Å². The van der Waals surface area contributed by atoms with E-state index in [1.165, 1.54) is 31.2 Å². The third-order valence-corrected chi connectivity index (χ3v) is 3.67. The zero-order chi connectivity index (χ0) is 15.1. The Morgan fingerprint density at radius 2 is 1.86 bits per heavy atom. The second-order valence-corrected chi connectivity index (χ2v) is 5.86. The van der Waals surface area contributed by atoms with Gasteiger partial charge in [0.1, 0.15) is 5.75 Å². The van der Waals surface area contributed by atoms with Gasteiger partial charge in [-0.25, -0.2) is 0 Å². The number of aliphatic imine (C=N–C) groups is 1. The van der Waals surface area contributed by atoms with E-state index < -0.39 is 0 Å². The van der Waals surface area contributed by atoms with Crippen LogP contribution in [0.4, 0.5) is 0 Å². The lowest BCUT2D eigenvalue weighted by molar-refractivity contribution is 0.242. The van der Waals surface area contributed by atoms with Gasteiger partial charge in [0.25, 0.3) is 0 Å². The Morgan fingerprint density at radius 3 is 2.41 bits per heavy atom. The van der Waals surface area contributed by atoms with Crippen molar-refractivity contribution in [1.82, 2.24) is 10.6 Å². The molecule has 0 unspecified atom stereocenters. The van der Waals surface area contributed by atoms with Crippen LogP contribution in [0, 0.1) is 0 Å².